The van der Waals surface area contributed by atoms with Crippen molar-refractivity contribution in [3.05, 3.63) is 65.1 Å². The van der Waals surface area contributed by atoms with Crippen LogP contribution in [0.5, 0.6) is 0 Å². The molecule has 0 fully saturated rings. The first-order valence-corrected chi connectivity index (χ1v) is 8.83. The summed E-state index contributed by atoms with van der Waals surface area (Å²) < 4.78 is 7.44. The van der Waals surface area contributed by atoms with Gasteiger partial charge < -0.3 is 14.3 Å². The molecule has 2 aromatic heterocycles. The van der Waals surface area contributed by atoms with Crippen LogP contribution in [0.1, 0.15) is 11.5 Å². The Kier molecular flexibility index (Phi) is 4.41. The number of carbonyl (C=O) groups excluding carboxylic acids is 1. The monoisotopic (exact) mass is 380 g/mol. The van der Waals surface area contributed by atoms with Gasteiger partial charge in [-0.25, -0.2) is 0 Å². The van der Waals surface area contributed by atoms with Crippen molar-refractivity contribution in [2.45, 2.75) is 20.4 Å². The first-order chi connectivity index (χ1) is 13.0. The lowest BCUT2D eigenvalue weighted by molar-refractivity contribution is -0.116. The van der Waals surface area contributed by atoms with E-state index < -0.39 is 0 Å². The zero-order valence-corrected chi connectivity index (χ0v) is 15.6. The molecule has 0 aliphatic rings. The molecule has 1 N–H and O–H groups in total. The minimum absolute atomic E-state index is 0.144. The van der Waals surface area contributed by atoms with Crippen molar-refractivity contribution < 1.29 is 9.21 Å². The molecule has 0 aliphatic heterocycles. The summed E-state index contributed by atoms with van der Waals surface area (Å²) in [5.41, 5.74) is 3.38. The summed E-state index contributed by atoms with van der Waals surface area (Å²) in [5, 5.41) is 12.5. The van der Waals surface area contributed by atoms with Gasteiger partial charge in [-0.15, -0.1) is 10.2 Å². The first-order valence-electron chi connectivity index (χ1n) is 8.45. The van der Waals surface area contributed by atoms with Crippen LogP contribution in [0.15, 0.2) is 53.1 Å². The lowest BCUT2D eigenvalue weighted by Gasteiger charge is -2.10. The molecule has 7 heteroatoms. The number of aryl methyl sites for hydroxylation is 2. The lowest BCUT2D eigenvalue weighted by Crippen LogP contribution is -2.18. The van der Waals surface area contributed by atoms with Gasteiger partial charge >= 0.3 is 0 Å². The molecular weight excluding hydrogens is 364 g/mol. The topological polar surface area (TPSA) is 73.0 Å². The third kappa shape index (κ3) is 3.44. The highest BCUT2D eigenvalue weighted by Gasteiger charge is 2.16. The number of hydrogen-bond acceptors (Lipinski definition) is 4. The molecule has 27 heavy (non-hydrogen) atoms. The van der Waals surface area contributed by atoms with Crippen molar-refractivity contribution in [3.8, 4) is 11.5 Å². The summed E-state index contributed by atoms with van der Waals surface area (Å²) in [6, 6.07) is 13.2. The van der Waals surface area contributed by atoms with E-state index in [0.717, 1.165) is 22.0 Å². The second-order valence-electron chi connectivity index (χ2n) is 6.32. The average Bonchev–Trinajstić information content (AvgIpc) is 3.22. The van der Waals surface area contributed by atoms with Crippen molar-refractivity contribution >= 4 is 34.1 Å². The lowest BCUT2D eigenvalue weighted by atomic mass is 10.2. The molecule has 0 spiro atoms. The van der Waals surface area contributed by atoms with Crippen molar-refractivity contribution in [2.24, 2.45) is 0 Å². The molecule has 0 saturated carbocycles. The van der Waals surface area contributed by atoms with Gasteiger partial charge in [0.05, 0.1) is 5.56 Å². The third-order valence-corrected chi connectivity index (χ3v) is 4.57. The van der Waals surface area contributed by atoms with Gasteiger partial charge in [0.15, 0.2) is 0 Å². The average molecular weight is 381 g/mol. The van der Waals surface area contributed by atoms with Crippen LogP contribution in [0.4, 0.5) is 5.69 Å². The number of rotatable bonds is 4. The summed E-state index contributed by atoms with van der Waals surface area (Å²) >= 11 is 6.03. The molecule has 0 aliphatic carbocycles. The molecule has 4 aromatic rings. The van der Waals surface area contributed by atoms with E-state index in [1.165, 1.54) is 0 Å². The number of carbonyl (C=O) groups is 1. The van der Waals surface area contributed by atoms with Crippen molar-refractivity contribution in [1.29, 1.82) is 0 Å². The van der Waals surface area contributed by atoms with E-state index in [1.54, 1.807) is 19.1 Å². The minimum atomic E-state index is -0.144. The van der Waals surface area contributed by atoms with Gasteiger partial charge in [0.25, 0.3) is 0 Å². The molecule has 0 saturated heterocycles. The Hall–Kier alpha value is -3.12. The maximum absolute atomic E-state index is 12.6. The van der Waals surface area contributed by atoms with Crippen LogP contribution in [-0.2, 0) is 11.3 Å². The number of nitrogens with zero attached hydrogens (tertiary/aromatic N) is 3. The number of amides is 1. The van der Waals surface area contributed by atoms with Gasteiger partial charge in [-0.3, -0.25) is 4.79 Å². The number of para-hydroxylation sites is 1. The number of aromatic nitrogens is 3. The second-order valence-corrected chi connectivity index (χ2v) is 6.76. The van der Waals surface area contributed by atoms with Gasteiger partial charge in [-0.05, 0) is 30.7 Å². The maximum Gasteiger partial charge on any atom is 0.249 e. The molecule has 1 amide bonds. The van der Waals surface area contributed by atoms with Gasteiger partial charge in [-0.1, -0.05) is 35.9 Å². The van der Waals surface area contributed by atoms with E-state index in [2.05, 4.69) is 15.5 Å². The van der Waals surface area contributed by atoms with E-state index in [0.29, 0.717) is 22.5 Å². The zero-order valence-electron chi connectivity index (χ0n) is 14.9. The number of halogens is 1. The van der Waals surface area contributed by atoms with Crippen molar-refractivity contribution in [1.82, 2.24) is 14.8 Å². The molecule has 2 heterocycles. The summed E-state index contributed by atoms with van der Waals surface area (Å²) in [7, 11) is 0. The highest BCUT2D eigenvalue weighted by atomic mass is 35.5. The van der Waals surface area contributed by atoms with Gasteiger partial charge in [0.1, 0.15) is 6.54 Å². The predicted molar refractivity (Wildman–Crippen MR) is 105 cm³/mol. The first kappa shape index (κ1) is 17.3. The molecule has 136 valence electrons. The molecular formula is C20H17ClN4O2. The molecule has 0 unspecified atom stereocenters. The Morgan fingerprint density at radius 2 is 2.00 bits per heavy atom. The SMILES string of the molecule is Cc1nnc(-c2cn(CC(=O)Nc3cc(Cl)ccc3C)c3ccccc23)o1. The van der Waals surface area contributed by atoms with E-state index >= 15 is 0 Å². The number of anilines is 1. The van der Waals surface area contributed by atoms with Crippen LogP contribution in [0.2, 0.25) is 5.02 Å². The number of fused-ring (bicyclic) bond motifs is 1. The van der Waals surface area contributed by atoms with E-state index in [1.807, 2.05) is 48.0 Å². The minimum Gasteiger partial charge on any atom is -0.421 e. The fourth-order valence-corrected chi connectivity index (χ4v) is 3.20. The van der Waals surface area contributed by atoms with Gasteiger partial charge in [-0.2, -0.15) is 0 Å². The van der Waals surface area contributed by atoms with Crippen LogP contribution in [-0.4, -0.2) is 20.7 Å². The largest absolute Gasteiger partial charge is 0.421 e. The van der Waals surface area contributed by atoms with Crippen molar-refractivity contribution in [3.63, 3.8) is 0 Å². The normalized spacial score (nSPS) is 11.1. The Balaban J connectivity index is 1.66. The fourth-order valence-electron chi connectivity index (χ4n) is 3.03. The maximum atomic E-state index is 12.6. The molecule has 2 aromatic carbocycles. The number of nitrogens with one attached hydrogen (secondary N) is 1. The third-order valence-electron chi connectivity index (χ3n) is 4.33. The summed E-state index contributed by atoms with van der Waals surface area (Å²) in [4.78, 5) is 12.6. The molecule has 0 bridgehead atoms. The highest BCUT2D eigenvalue weighted by molar-refractivity contribution is 6.31. The molecule has 0 radical (unpaired) electrons. The Bertz CT molecular complexity index is 1150. The Morgan fingerprint density at radius 3 is 2.78 bits per heavy atom. The standard InChI is InChI=1S/C20H17ClN4O2/c1-12-7-8-14(21)9-17(12)22-19(26)11-25-10-16(20-24-23-13(2)27-20)15-5-3-4-6-18(15)25/h3-10H,11H2,1-2H3,(H,22,26). The summed E-state index contributed by atoms with van der Waals surface area (Å²) in [6.45, 7) is 3.82. The van der Waals surface area contributed by atoms with Crippen molar-refractivity contribution in [2.75, 3.05) is 5.32 Å². The van der Waals surface area contributed by atoms with Crippen LogP contribution in [0.3, 0.4) is 0 Å². The molecule has 4 rings (SSSR count). The molecule has 0 atom stereocenters. The van der Waals surface area contributed by atoms with Gasteiger partial charge in [0, 0.05) is 34.7 Å². The number of benzene rings is 2. The zero-order chi connectivity index (χ0) is 19.0. The predicted octanol–water partition coefficient (Wildman–Crippen LogP) is 4.60. The van der Waals surface area contributed by atoms with E-state index in [-0.39, 0.29) is 12.5 Å². The number of hydrogen-bond donors (Lipinski definition) is 1. The second kappa shape index (κ2) is 6.89. The van der Waals surface area contributed by atoms with Crippen LogP contribution in [0.25, 0.3) is 22.4 Å². The van der Waals surface area contributed by atoms with Gasteiger partial charge in [0.2, 0.25) is 17.7 Å². The Morgan fingerprint density at radius 1 is 1.19 bits per heavy atom. The molecule has 6 nitrogen and oxygen atoms in total. The van der Waals surface area contributed by atoms with Crippen LogP contribution >= 0.6 is 11.6 Å². The quantitative estimate of drug-likeness (QED) is 0.561. The van der Waals surface area contributed by atoms with E-state index in [9.17, 15) is 4.79 Å². The fraction of sp³-hybridized carbons (Fsp3) is 0.150. The smallest absolute Gasteiger partial charge is 0.249 e. The van der Waals surface area contributed by atoms with E-state index in [4.69, 9.17) is 16.0 Å². The summed E-state index contributed by atoms with van der Waals surface area (Å²) in [6.07, 6.45) is 1.86. The summed E-state index contributed by atoms with van der Waals surface area (Å²) in [5.74, 6) is 0.791. The van der Waals surface area contributed by atoms with Crippen LogP contribution < -0.4 is 5.32 Å². The highest BCUT2D eigenvalue weighted by Crippen LogP contribution is 2.30. The Labute approximate surface area is 160 Å². The van der Waals surface area contributed by atoms with Crippen LogP contribution in [0, 0.1) is 13.8 Å².